The van der Waals surface area contributed by atoms with Gasteiger partial charge in [0.25, 0.3) is 0 Å². The molecule has 1 aliphatic carbocycles. The molecule has 2 fully saturated rings. The third-order valence-electron chi connectivity index (χ3n) is 6.27. The summed E-state index contributed by atoms with van der Waals surface area (Å²) in [5.41, 5.74) is 1.65. The molecule has 2 aliphatic heterocycles. The predicted octanol–water partition coefficient (Wildman–Crippen LogP) is 2.29. The summed E-state index contributed by atoms with van der Waals surface area (Å²) in [6, 6.07) is 3.78. The summed E-state index contributed by atoms with van der Waals surface area (Å²) in [6.07, 6.45) is 3.52. The van der Waals surface area contributed by atoms with Gasteiger partial charge in [-0.1, -0.05) is 19.8 Å². The number of imide groups is 2. The average Bonchev–Trinajstić information content (AvgIpc) is 3.10. The lowest BCUT2D eigenvalue weighted by Gasteiger charge is -2.34. The van der Waals surface area contributed by atoms with E-state index in [9.17, 15) is 24.0 Å². The Morgan fingerprint density at radius 2 is 1.79 bits per heavy atom. The number of amides is 5. The molecule has 1 N–H and O–H groups in total. The monoisotopic (exact) mass is 397 g/mol. The molecule has 1 saturated carbocycles. The molecule has 0 aromatic heterocycles. The van der Waals surface area contributed by atoms with Gasteiger partial charge in [0.1, 0.15) is 0 Å². The second-order valence-electron chi connectivity index (χ2n) is 8.11. The van der Waals surface area contributed by atoms with Crippen molar-refractivity contribution in [2.45, 2.75) is 51.5 Å². The van der Waals surface area contributed by atoms with Crippen LogP contribution < -0.4 is 5.32 Å². The highest BCUT2D eigenvalue weighted by atomic mass is 16.2. The van der Waals surface area contributed by atoms with Crippen LogP contribution >= 0.6 is 0 Å². The van der Waals surface area contributed by atoms with Crippen LogP contribution in [0.5, 0.6) is 0 Å². The first-order valence-electron chi connectivity index (χ1n) is 9.96. The van der Waals surface area contributed by atoms with E-state index < -0.39 is 30.2 Å². The molecular formula is C21H23N3O5. The lowest BCUT2D eigenvalue weighted by atomic mass is 9.85. The maximum absolute atomic E-state index is 12.8. The Balaban J connectivity index is 1.53. The summed E-state index contributed by atoms with van der Waals surface area (Å²) < 4.78 is 0. The van der Waals surface area contributed by atoms with Crippen LogP contribution in [-0.4, -0.2) is 51.9 Å². The van der Waals surface area contributed by atoms with Gasteiger partial charge < -0.3 is 5.32 Å². The molecule has 29 heavy (non-hydrogen) atoms. The molecule has 3 aliphatic rings. The number of urea groups is 1. The van der Waals surface area contributed by atoms with Crippen molar-refractivity contribution >= 4 is 35.2 Å². The van der Waals surface area contributed by atoms with E-state index in [2.05, 4.69) is 5.32 Å². The van der Waals surface area contributed by atoms with Crippen LogP contribution in [0, 0.1) is 5.92 Å². The number of rotatable bonds is 4. The van der Waals surface area contributed by atoms with Crippen LogP contribution in [0.4, 0.5) is 10.5 Å². The van der Waals surface area contributed by atoms with E-state index in [0.717, 1.165) is 29.1 Å². The van der Waals surface area contributed by atoms with Gasteiger partial charge in [-0.2, -0.15) is 0 Å². The summed E-state index contributed by atoms with van der Waals surface area (Å²) >= 11 is 0. The van der Waals surface area contributed by atoms with E-state index in [1.807, 2.05) is 6.92 Å². The van der Waals surface area contributed by atoms with Crippen LogP contribution in [0.2, 0.25) is 0 Å². The van der Waals surface area contributed by atoms with Crippen LogP contribution in [0.3, 0.4) is 0 Å². The minimum atomic E-state index is -0.951. The number of fused-ring (bicyclic) bond motifs is 1. The fourth-order valence-corrected chi connectivity index (χ4v) is 4.46. The Labute approximate surface area is 168 Å². The summed E-state index contributed by atoms with van der Waals surface area (Å²) in [7, 11) is 0. The number of carbonyl (C=O) groups is 5. The van der Waals surface area contributed by atoms with E-state index in [1.54, 1.807) is 25.1 Å². The molecule has 2 heterocycles. The van der Waals surface area contributed by atoms with E-state index in [1.165, 1.54) is 0 Å². The number of carbonyl (C=O) groups excluding carboxylic acids is 5. The lowest BCUT2D eigenvalue weighted by Crippen LogP contribution is -2.46. The van der Waals surface area contributed by atoms with Gasteiger partial charge in [-0.25, -0.2) is 9.69 Å². The standard InChI is InChI=1S/C21H23N3O5/c1-11-5-3-4-6-16(11)24-20(28)19(27)23(21(24)29)10-17(25)13-7-8-15-14(9-13)12(2)18(26)22-15/h7-9,11-12,16H,3-6,10H2,1-2H3,(H,22,26)/t11-,12-,16-/m0/s1. The van der Waals surface area contributed by atoms with Crippen LogP contribution in [-0.2, 0) is 14.4 Å². The first kappa shape index (κ1) is 19.3. The zero-order valence-electron chi connectivity index (χ0n) is 16.4. The number of anilines is 1. The number of ketones is 1. The number of nitrogens with one attached hydrogen (secondary N) is 1. The maximum atomic E-state index is 12.8. The van der Waals surface area contributed by atoms with Crippen molar-refractivity contribution in [3.63, 3.8) is 0 Å². The summed E-state index contributed by atoms with van der Waals surface area (Å²) in [5, 5.41) is 2.73. The fraction of sp³-hybridized carbons (Fsp3) is 0.476. The van der Waals surface area contributed by atoms with E-state index >= 15 is 0 Å². The van der Waals surface area contributed by atoms with E-state index in [-0.39, 0.29) is 23.8 Å². The highest BCUT2D eigenvalue weighted by molar-refractivity contribution is 6.45. The number of Topliss-reactive ketones (excluding diaryl/α,β-unsaturated/α-hetero) is 1. The zero-order valence-corrected chi connectivity index (χ0v) is 16.4. The molecule has 0 radical (unpaired) electrons. The smallest absolute Gasteiger partial charge is 0.325 e. The summed E-state index contributed by atoms with van der Waals surface area (Å²) in [6.45, 7) is 3.23. The first-order valence-corrected chi connectivity index (χ1v) is 9.96. The second kappa shape index (κ2) is 7.09. The van der Waals surface area contributed by atoms with Crippen LogP contribution in [0.1, 0.15) is 61.4 Å². The molecule has 0 spiro atoms. The van der Waals surface area contributed by atoms with Gasteiger partial charge in [0.2, 0.25) is 5.91 Å². The topological polar surface area (TPSA) is 104 Å². The molecule has 4 rings (SSSR count). The van der Waals surface area contributed by atoms with Crippen molar-refractivity contribution in [3.05, 3.63) is 29.3 Å². The normalized spacial score (nSPS) is 26.8. The number of nitrogens with zero attached hydrogens (tertiary/aromatic N) is 2. The van der Waals surface area contributed by atoms with Crippen molar-refractivity contribution in [2.24, 2.45) is 5.92 Å². The number of benzene rings is 1. The van der Waals surface area contributed by atoms with Gasteiger partial charge in [0.05, 0.1) is 12.5 Å². The first-order chi connectivity index (χ1) is 13.8. The third kappa shape index (κ3) is 3.12. The molecule has 5 amide bonds. The molecule has 1 aromatic rings. The highest BCUT2D eigenvalue weighted by Crippen LogP contribution is 2.33. The molecule has 3 atom stereocenters. The zero-order chi connectivity index (χ0) is 20.9. The SMILES string of the molecule is C[C@@H]1C(=O)Nc2ccc(C(=O)CN3C(=O)C(=O)N([C@H]4CCCC[C@@H]4C)C3=O)cc21. The molecule has 0 bridgehead atoms. The van der Waals surface area contributed by atoms with Gasteiger partial charge in [-0.05, 0) is 49.4 Å². The summed E-state index contributed by atoms with van der Waals surface area (Å²) in [4.78, 5) is 64.1. The minimum absolute atomic E-state index is 0.128. The van der Waals surface area contributed by atoms with Crippen molar-refractivity contribution in [1.29, 1.82) is 0 Å². The Morgan fingerprint density at radius 1 is 1.07 bits per heavy atom. The largest absolute Gasteiger partial charge is 0.334 e. The quantitative estimate of drug-likeness (QED) is 0.477. The van der Waals surface area contributed by atoms with Gasteiger partial charge in [0, 0.05) is 17.3 Å². The second-order valence-corrected chi connectivity index (χ2v) is 8.11. The molecule has 1 saturated heterocycles. The molecular weight excluding hydrogens is 374 g/mol. The van der Waals surface area contributed by atoms with Crippen molar-refractivity contribution in [2.75, 3.05) is 11.9 Å². The number of hydrogen-bond donors (Lipinski definition) is 1. The van der Waals surface area contributed by atoms with E-state index in [0.29, 0.717) is 23.2 Å². The molecule has 152 valence electrons. The highest BCUT2D eigenvalue weighted by Gasteiger charge is 2.49. The lowest BCUT2D eigenvalue weighted by molar-refractivity contribution is -0.144. The van der Waals surface area contributed by atoms with E-state index in [4.69, 9.17) is 0 Å². The average molecular weight is 397 g/mol. The summed E-state index contributed by atoms with van der Waals surface area (Å²) in [5.74, 6) is -2.64. The van der Waals surface area contributed by atoms with Crippen LogP contribution in [0.25, 0.3) is 0 Å². The molecule has 1 aromatic carbocycles. The Morgan fingerprint density at radius 3 is 2.52 bits per heavy atom. The maximum Gasteiger partial charge on any atom is 0.334 e. The van der Waals surface area contributed by atoms with Crippen LogP contribution in [0.15, 0.2) is 18.2 Å². The van der Waals surface area contributed by atoms with Gasteiger partial charge in [0.15, 0.2) is 5.78 Å². The Bertz CT molecular complexity index is 940. The molecule has 0 unspecified atom stereocenters. The Kier molecular flexibility index (Phi) is 4.72. The fourth-order valence-electron chi connectivity index (χ4n) is 4.46. The predicted molar refractivity (Wildman–Crippen MR) is 103 cm³/mol. The number of hydrogen-bond acceptors (Lipinski definition) is 5. The van der Waals surface area contributed by atoms with Gasteiger partial charge in [-0.3, -0.25) is 24.1 Å². The van der Waals surface area contributed by atoms with Crippen molar-refractivity contribution < 1.29 is 24.0 Å². The minimum Gasteiger partial charge on any atom is -0.325 e. The molecule has 8 nitrogen and oxygen atoms in total. The Hall–Kier alpha value is -3.03. The van der Waals surface area contributed by atoms with Crippen molar-refractivity contribution in [1.82, 2.24) is 9.80 Å². The van der Waals surface area contributed by atoms with Crippen molar-refractivity contribution in [3.8, 4) is 0 Å². The van der Waals surface area contributed by atoms with Gasteiger partial charge in [-0.15, -0.1) is 0 Å². The molecule has 8 heteroatoms. The third-order valence-corrected chi connectivity index (χ3v) is 6.27. The van der Waals surface area contributed by atoms with Gasteiger partial charge >= 0.3 is 17.8 Å².